The average molecular weight is 227 g/mol. The Morgan fingerprint density at radius 1 is 1.44 bits per heavy atom. The van der Waals surface area contributed by atoms with Crippen molar-refractivity contribution in [3.63, 3.8) is 0 Å². The van der Waals surface area contributed by atoms with E-state index in [0.717, 1.165) is 38.6 Å². The van der Waals surface area contributed by atoms with Crippen molar-refractivity contribution < 1.29 is 4.79 Å². The molecule has 0 radical (unpaired) electrons. The Hall–Kier alpha value is -0.610. The normalized spacial score (nSPS) is 21.1. The SMILES string of the molecule is CC(CCN(C)C)NC(=O)C1(N)CCCC1. The lowest BCUT2D eigenvalue weighted by molar-refractivity contribution is -0.126. The van der Waals surface area contributed by atoms with Gasteiger partial charge in [0.25, 0.3) is 0 Å². The number of amides is 1. The van der Waals surface area contributed by atoms with Crippen LogP contribution in [0.1, 0.15) is 39.0 Å². The summed E-state index contributed by atoms with van der Waals surface area (Å²) in [5, 5.41) is 3.03. The molecule has 3 N–H and O–H groups in total. The minimum atomic E-state index is -0.591. The molecule has 1 atom stereocenters. The number of carbonyl (C=O) groups excluding carboxylic acids is 1. The fourth-order valence-corrected chi connectivity index (χ4v) is 2.12. The number of nitrogens with two attached hydrogens (primary N) is 1. The van der Waals surface area contributed by atoms with Crippen LogP contribution in [0.25, 0.3) is 0 Å². The first-order chi connectivity index (χ1) is 7.44. The molecule has 1 amide bonds. The van der Waals surface area contributed by atoms with Crippen molar-refractivity contribution in [2.24, 2.45) is 5.73 Å². The van der Waals surface area contributed by atoms with Crippen LogP contribution in [0.5, 0.6) is 0 Å². The van der Waals surface area contributed by atoms with Gasteiger partial charge in [-0.15, -0.1) is 0 Å². The summed E-state index contributed by atoms with van der Waals surface area (Å²) in [6.45, 7) is 3.03. The lowest BCUT2D eigenvalue weighted by Crippen LogP contribution is -2.54. The van der Waals surface area contributed by atoms with Gasteiger partial charge >= 0.3 is 0 Å². The highest BCUT2D eigenvalue weighted by Gasteiger charge is 2.37. The topological polar surface area (TPSA) is 58.4 Å². The minimum absolute atomic E-state index is 0.0382. The van der Waals surface area contributed by atoms with Crippen molar-refractivity contribution in [2.75, 3.05) is 20.6 Å². The Bertz CT molecular complexity index is 234. The summed E-state index contributed by atoms with van der Waals surface area (Å²) < 4.78 is 0. The maximum absolute atomic E-state index is 12.0. The summed E-state index contributed by atoms with van der Waals surface area (Å²) in [5.41, 5.74) is 5.49. The van der Waals surface area contributed by atoms with Crippen molar-refractivity contribution in [3.05, 3.63) is 0 Å². The summed E-state index contributed by atoms with van der Waals surface area (Å²) in [4.78, 5) is 14.1. The third-order valence-corrected chi connectivity index (χ3v) is 3.33. The van der Waals surface area contributed by atoms with Gasteiger partial charge in [-0.2, -0.15) is 0 Å². The van der Waals surface area contributed by atoms with Gasteiger partial charge in [-0.1, -0.05) is 12.8 Å². The van der Waals surface area contributed by atoms with E-state index in [0.29, 0.717) is 0 Å². The predicted molar refractivity (Wildman–Crippen MR) is 66.2 cm³/mol. The van der Waals surface area contributed by atoms with Crippen LogP contribution in [0.4, 0.5) is 0 Å². The van der Waals surface area contributed by atoms with Crippen LogP contribution in [0.15, 0.2) is 0 Å². The van der Waals surface area contributed by atoms with Crippen molar-refractivity contribution in [1.29, 1.82) is 0 Å². The second-order valence-electron chi connectivity index (χ2n) is 5.33. The molecule has 4 nitrogen and oxygen atoms in total. The molecule has 1 rings (SSSR count). The second-order valence-corrected chi connectivity index (χ2v) is 5.33. The first kappa shape index (κ1) is 13.5. The number of rotatable bonds is 5. The number of hydrogen-bond donors (Lipinski definition) is 2. The monoisotopic (exact) mass is 227 g/mol. The summed E-state index contributed by atoms with van der Waals surface area (Å²) in [6.07, 6.45) is 4.79. The lowest BCUT2D eigenvalue weighted by atomic mass is 9.97. The Morgan fingerprint density at radius 3 is 2.50 bits per heavy atom. The van der Waals surface area contributed by atoms with Crippen LogP contribution in [0, 0.1) is 0 Å². The van der Waals surface area contributed by atoms with E-state index < -0.39 is 5.54 Å². The van der Waals surface area contributed by atoms with E-state index in [1.54, 1.807) is 0 Å². The van der Waals surface area contributed by atoms with E-state index in [9.17, 15) is 4.79 Å². The molecule has 0 heterocycles. The van der Waals surface area contributed by atoms with Crippen LogP contribution < -0.4 is 11.1 Å². The van der Waals surface area contributed by atoms with E-state index in [-0.39, 0.29) is 11.9 Å². The fraction of sp³-hybridized carbons (Fsp3) is 0.917. The van der Waals surface area contributed by atoms with Crippen molar-refractivity contribution in [2.45, 2.75) is 50.6 Å². The summed E-state index contributed by atoms with van der Waals surface area (Å²) in [7, 11) is 4.08. The van der Waals surface area contributed by atoms with Gasteiger partial charge in [0, 0.05) is 6.04 Å². The van der Waals surface area contributed by atoms with Gasteiger partial charge in [-0.3, -0.25) is 4.79 Å². The fourth-order valence-electron chi connectivity index (χ4n) is 2.12. The zero-order chi connectivity index (χ0) is 12.2. The van der Waals surface area contributed by atoms with Gasteiger partial charge in [0.15, 0.2) is 0 Å². The third-order valence-electron chi connectivity index (χ3n) is 3.33. The smallest absolute Gasteiger partial charge is 0.240 e. The molecule has 1 unspecified atom stereocenters. The van der Waals surface area contributed by atoms with E-state index in [4.69, 9.17) is 5.73 Å². The zero-order valence-electron chi connectivity index (χ0n) is 10.8. The molecule has 0 spiro atoms. The van der Waals surface area contributed by atoms with Gasteiger partial charge in [0.1, 0.15) is 0 Å². The number of nitrogens with zero attached hydrogens (tertiary/aromatic N) is 1. The van der Waals surface area contributed by atoms with E-state index in [1.165, 1.54) is 0 Å². The molecule has 1 aliphatic rings. The largest absolute Gasteiger partial charge is 0.352 e. The first-order valence-electron chi connectivity index (χ1n) is 6.18. The quantitative estimate of drug-likeness (QED) is 0.727. The van der Waals surface area contributed by atoms with Gasteiger partial charge < -0.3 is 16.0 Å². The van der Waals surface area contributed by atoms with E-state index >= 15 is 0 Å². The number of carbonyl (C=O) groups is 1. The van der Waals surface area contributed by atoms with Crippen molar-refractivity contribution in [3.8, 4) is 0 Å². The molecule has 94 valence electrons. The molecule has 0 aromatic heterocycles. The molecule has 0 saturated heterocycles. The van der Waals surface area contributed by atoms with Crippen LogP contribution in [0.2, 0.25) is 0 Å². The molecule has 1 fully saturated rings. The lowest BCUT2D eigenvalue weighted by Gasteiger charge is -2.25. The van der Waals surface area contributed by atoms with Crippen LogP contribution >= 0.6 is 0 Å². The van der Waals surface area contributed by atoms with Gasteiger partial charge in [0.05, 0.1) is 5.54 Å². The van der Waals surface area contributed by atoms with Crippen LogP contribution in [0.3, 0.4) is 0 Å². The average Bonchev–Trinajstić information content (AvgIpc) is 2.63. The van der Waals surface area contributed by atoms with Gasteiger partial charge in [-0.05, 0) is 46.8 Å². The van der Waals surface area contributed by atoms with Gasteiger partial charge in [-0.25, -0.2) is 0 Å². The highest BCUT2D eigenvalue weighted by atomic mass is 16.2. The first-order valence-corrected chi connectivity index (χ1v) is 6.18. The van der Waals surface area contributed by atoms with E-state index in [2.05, 4.69) is 10.2 Å². The summed E-state index contributed by atoms with van der Waals surface area (Å²) >= 11 is 0. The Kier molecular flexibility index (Phi) is 4.74. The number of nitrogens with one attached hydrogen (secondary N) is 1. The summed E-state index contributed by atoms with van der Waals surface area (Å²) in [5.74, 6) is 0.0382. The van der Waals surface area contributed by atoms with Crippen molar-refractivity contribution in [1.82, 2.24) is 10.2 Å². The highest BCUT2D eigenvalue weighted by Crippen LogP contribution is 2.27. The molecule has 4 heteroatoms. The zero-order valence-corrected chi connectivity index (χ0v) is 10.8. The highest BCUT2D eigenvalue weighted by molar-refractivity contribution is 5.86. The van der Waals surface area contributed by atoms with Crippen LogP contribution in [-0.4, -0.2) is 43.0 Å². The minimum Gasteiger partial charge on any atom is -0.352 e. The molecule has 1 saturated carbocycles. The molecule has 0 aliphatic heterocycles. The molecule has 1 aliphatic carbocycles. The van der Waals surface area contributed by atoms with Crippen molar-refractivity contribution >= 4 is 5.91 Å². The van der Waals surface area contributed by atoms with Crippen LogP contribution in [-0.2, 0) is 4.79 Å². The maximum atomic E-state index is 12.0. The third kappa shape index (κ3) is 3.76. The molecule has 16 heavy (non-hydrogen) atoms. The Labute approximate surface area is 98.6 Å². The summed E-state index contributed by atoms with van der Waals surface area (Å²) in [6, 6.07) is 0.205. The predicted octanol–water partition coefficient (Wildman–Crippen LogP) is 0.714. The maximum Gasteiger partial charge on any atom is 0.240 e. The molecule has 0 bridgehead atoms. The molecule has 0 aromatic rings. The molecular formula is C12H25N3O. The Morgan fingerprint density at radius 2 is 2.00 bits per heavy atom. The Balaban J connectivity index is 2.33. The second kappa shape index (κ2) is 5.64. The molecular weight excluding hydrogens is 202 g/mol. The van der Waals surface area contributed by atoms with E-state index in [1.807, 2.05) is 21.0 Å². The van der Waals surface area contributed by atoms with Gasteiger partial charge in [0.2, 0.25) is 5.91 Å². The number of hydrogen-bond acceptors (Lipinski definition) is 3. The molecule has 0 aromatic carbocycles. The standard InChI is InChI=1S/C12H25N3O/c1-10(6-9-15(2)3)14-11(16)12(13)7-4-5-8-12/h10H,4-9,13H2,1-3H3,(H,14,16).